The van der Waals surface area contributed by atoms with Gasteiger partial charge in [-0.05, 0) is 44.2 Å². The van der Waals surface area contributed by atoms with Gasteiger partial charge in [-0.15, -0.1) is 0 Å². The number of halogens is 1. The van der Waals surface area contributed by atoms with Crippen molar-refractivity contribution in [1.82, 2.24) is 0 Å². The quantitative estimate of drug-likeness (QED) is 0.900. The lowest BCUT2D eigenvalue weighted by Gasteiger charge is -2.24. The number of aryl methyl sites for hydroxylation is 1. The normalized spacial score (nSPS) is 10.3. The average Bonchev–Trinajstić information content (AvgIpc) is 2.41. The van der Waals surface area contributed by atoms with Crippen LogP contribution in [0.1, 0.15) is 22.8 Å². The summed E-state index contributed by atoms with van der Waals surface area (Å²) in [6.45, 7) is 4.85. The molecule has 2 aromatic rings. The van der Waals surface area contributed by atoms with Crippen molar-refractivity contribution in [2.24, 2.45) is 0 Å². The molecule has 20 heavy (non-hydrogen) atoms. The van der Waals surface area contributed by atoms with Gasteiger partial charge in [-0.25, -0.2) is 4.79 Å². The molecule has 0 aromatic heterocycles. The number of carboxylic acids is 1. The molecule has 0 bridgehead atoms. The summed E-state index contributed by atoms with van der Waals surface area (Å²) in [5, 5.41) is 9.25. The Morgan fingerprint density at radius 3 is 2.25 bits per heavy atom. The van der Waals surface area contributed by atoms with E-state index in [1.807, 2.05) is 38.1 Å². The molecule has 0 aliphatic rings. The van der Waals surface area contributed by atoms with Gasteiger partial charge in [-0.1, -0.05) is 29.3 Å². The third-order valence-corrected chi connectivity index (χ3v) is 3.47. The van der Waals surface area contributed by atoms with E-state index in [0.29, 0.717) is 0 Å². The maximum Gasteiger partial charge on any atom is 0.337 e. The number of benzene rings is 2. The van der Waals surface area contributed by atoms with Crippen LogP contribution in [0.2, 0.25) is 5.02 Å². The number of nitrogens with zero attached hydrogens (tertiary/aromatic N) is 1. The molecule has 0 amide bonds. The first-order chi connectivity index (χ1) is 9.52. The number of hydrogen-bond acceptors (Lipinski definition) is 2. The molecule has 0 aliphatic heterocycles. The zero-order chi connectivity index (χ0) is 14.7. The van der Waals surface area contributed by atoms with Crippen LogP contribution in [-0.4, -0.2) is 17.6 Å². The lowest BCUT2D eigenvalue weighted by atomic mass is 10.1. The first-order valence-electron chi connectivity index (χ1n) is 6.40. The van der Waals surface area contributed by atoms with Gasteiger partial charge >= 0.3 is 5.97 Å². The molecule has 2 rings (SSSR count). The maximum atomic E-state index is 11.0. The van der Waals surface area contributed by atoms with Gasteiger partial charge in [0.25, 0.3) is 0 Å². The predicted octanol–water partition coefficient (Wildman–Crippen LogP) is 4.50. The fourth-order valence-electron chi connectivity index (χ4n) is 2.08. The van der Waals surface area contributed by atoms with E-state index in [1.165, 1.54) is 11.6 Å². The number of carbonyl (C=O) groups is 1. The summed E-state index contributed by atoms with van der Waals surface area (Å²) in [5.41, 5.74) is 3.25. The smallest absolute Gasteiger partial charge is 0.337 e. The molecule has 0 saturated heterocycles. The minimum Gasteiger partial charge on any atom is -0.478 e. The highest BCUT2D eigenvalue weighted by molar-refractivity contribution is 6.33. The lowest BCUT2D eigenvalue weighted by Crippen LogP contribution is -2.16. The Labute approximate surface area is 123 Å². The van der Waals surface area contributed by atoms with Gasteiger partial charge in [0.15, 0.2) is 0 Å². The standard InChI is InChI=1S/C16H16ClNO2/c1-3-18(12-6-4-11(2)5-7-12)13-8-9-14(16(19)20)15(17)10-13/h4-10H,3H2,1-2H3,(H,19,20). The van der Waals surface area contributed by atoms with E-state index in [-0.39, 0.29) is 10.6 Å². The van der Waals surface area contributed by atoms with Crippen LogP contribution in [0, 0.1) is 6.92 Å². The number of carboxylic acid groups (broad SMARTS) is 1. The van der Waals surface area contributed by atoms with Crippen LogP contribution in [0.25, 0.3) is 0 Å². The second-order valence-corrected chi connectivity index (χ2v) is 4.96. The zero-order valence-corrected chi connectivity index (χ0v) is 12.2. The number of anilines is 2. The monoisotopic (exact) mass is 289 g/mol. The Kier molecular flexibility index (Phi) is 4.30. The summed E-state index contributed by atoms with van der Waals surface area (Å²) in [6, 6.07) is 13.2. The number of hydrogen-bond donors (Lipinski definition) is 1. The molecular weight excluding hydrogens is 274 g/mol. The van der Waals surface area contributed by atoms with Crippen molar-refractivity contribution in [3.05, 3.63) is 58.6 Å². The van der Waals surface area contributed by atoms with Crippen molar-refractivity contribution < 1.29 is 9.90 Å². The van der Waals surface area contributed by atoms with E-state index in [2.05, 4.69) is 4.90 Å². The van der Waals surface area contributed by atoms with Gasteiger partial charge in [-0.2, -0.15) is 0 Å². The third kappa shape index (κ3) is 2.94. The van der Waals surface area contributed by atoms with Crippen molar-refractivity contribution >= 4 is 28.9 Å². The van der Waals surface area contributed by atoms with Crippen molar-refractivity contribution in [1.29, 1.82) is 0 Å². The molecule has 0 saturated carbocycles. The van der Waals surface area contributed by atoms with Gasteiger partial charge in [-0.3, -0.25) is 0 Å². The first-order valence-corrected chi connectivity index (χ1v) is 6.77. The van der Waals surface area contributed by atoms with Crippen molar-refractivity contribution in [3.8, 4) is 0 Å². The number of aromatic carboxylic acids is 1. The molecule has 4 heteroatoms. The minimum atomic E-state index is -1.01. The Bertz CT molecular complexity index is 623. The first kappa shape index (κ1) is 14.4. The van der Waals surface area contributed by atoms with Crippen molar-refractivity contribution in [3.63, 3.8) is 0 Å². The molecule has 0 heterocycles. The highest BCUT2D eigenvalue weighted by Crippen LogP contribution is 2.29. The van der Waals surface area contributed by atoms with Crippen LogP contribution in [0.5, 0.6) is 0 Å². The highest BCUT2D eigenvalue weighted by atomic mass is 35.5. The molecular formula is C16H16ClNO2. The number of rotatable bonds is 4. The molecule has 104 valence electrons. The summed E-state index contributed by atoms with van der Waals surface area (Å²) in [7, 11) is 0. The van der Waals surface area contributed by atoms with E-state index < -0.39 is 5.97 Å². The summed E-state index contributed by atoms with van der Waals surface area (Å²) >= 11 is 6.03. The van der Waals surface area contributed by atoms with Crippen LogP contribution in [0.15, 0.2) is 42.5 Å². The van der Waals surface area contributed by atoms with Crippen LogP contribution in [0.4, 0.5) is 11.4 Å². The van der Waals surface area contributed by atoms with E-state index in [0.717, 1.165) is 17.9 Å². The topological polar surface area (TPSA) is 40.5 Å². The summed E-state index contributed by atoms with van der Waals surface area (Å²) in [4.78, 5) is 13.1. The van der Waals surface area contributed by atoms with E-state index in [9.17, 15) is 4.79 Å². The Morgan fingerprint density at radius 1 is 1.15 bits per heavy atom. The molecule has 2 aromatic carbocycles. The maximum absolute atomic E-state index is 11.0. The van der Waals surface area contributed by atoms with Crippen LogP contribution < -0.4 is 4.90 Å². The summed E-state index contributed by atoms with van der Waals surface area (Å²) in [5.74, 6) is -1.01. The molecule has 0 atom stereocenters. The van der Waals surface area contributed by atoms with E-state index in [4.69, 9.17) is 16.7 Å². The SMILES string of the molecule is CCN(c1ccc(C)cc1)c1ccc(C(=O)O)c(Cl)c1. The Morgan fingerprint density at radius 2 is 1.75 bits per heavy atom. The van der Waals surface area contributed by atoms with E-state index in [1.54, 1.807) is 12.1 Å². The van der Waals surface area contributed by atoms with Crippen LogP contribution in [0.3, 0.4) is 0 Å². The fraction of sp³-hybridized carbons (Fsp3) is 0.188. The van der Waals surface area contributed by atoms with Gasteiger partial charge in [0, 0.05) is 17.9 Å². The zero-order valence-electron chi connectivity index (χ0n) is 11.4. The lowest BCUT2D eigenvalue weighted by molar-refractivity contribution is 0.0697. The third-order valence-electron chi connectivity index (χ3n) is 3.16. The second kappa shape index (κ2) is 5.97. The van der Waals surface area contributed by atoms with Crippen LogP contribution >= 0.6 is 11.6 Å². The van der Waals surface area contributed by atoms with Gasteiger partial charge in [0.1, 0.15) is 0 Å². The summed E-state index contributed by atoms with van der Waals surface area (Å²) < 4.78 is 0. The molecule has 0 spiro atoms. The van der Waals surface area contributed by atoms with Gasteiger partial charge in [0.05, 0.1) is 10.6 Å². The summed E-state index contributed by atoms with van der Waals surface area (Å²) in [6.07, 6.45) is 0. The molecule has 0 unspecified atom stereocenters. The minimum absolute atomic E-state index is 0.121. The molecule has 1 N–H and O–H groups in total. The van der Waals surface area contributed by atoms with Crippen molar-refractivity contribution in [2.75, 3.05) is 11.4 Å². The molecule has 0 fully saturated rings. The van der Waals surface area contributed by atoms with Crippen molar-refractivity contribution in [2.45, 2.75) is 13.8 Å². The molecule has 0 radical (unpaired) electrons. The predicted molar refractivity (Wildman–Crippen MR) is 82.3 cm³/mol. The van der Waals surface area contributed by atoms with Crippen LogP contribution in [-0.2, 0) is 0 Å². The molecule has 0 aliphatic carbocycles. The Balaban J connectivity index is 2.39. The Hall–Kier alpha value is -2.00. The largest absolute Gasteiger partial charge is 0.478 e. The highest BCUT2D eigenvalue weighted by Gasteiger charge is 2.12. The molecule has 3 nitrogen and oxygen atoms in total. The fourth-order valence-corrected chi connectivity index (χ4v) is 2.34. The second-order valence-electron chi connectivity index (χ2n) is 4.55. The van der Waals surface area contributed by atoms with Gasteiger partial charge < -0.3 is 10.0 Å². The van der Waals surface area contributed by atoms with Gasteiger partial charge in [0.2, 0.25) is 0 Å². The van der Waals surface area contributed by atoms with E-state index >= 15 is 0 Å². The average molecular weight is 290 g/mol.